The second-order valence-electron chi connectivity index (χ2n) is 5.08. The van der Waals surface area contributed by atoms with Crippen molar-refractivity contribution >= 4 is 5.91 Å². The Morgan fingerprint density at radius 1 is 1.21 bits per heavy atom. The lowest BCUT2D eigenvalue weighted by molar-refractivity contribution is -0.122. The quantitative estimate of drug-likeness (QED) is 0.878. The van der Waals surface area contributed by atoms with Crippen LogP contribution in [0.1, 0.15) is 31.2 Å². The van der Waals surface area contributed by atoms with Crippen LogP contribution in [0.4, 0.5) is 8.78 Å². The van der Waals surface area contributed by atoms with Gasteiger partial charge in [-0.1, -0.05) is 6.07 Å². The summed E-state index contributed by atoms with van der Waals surface area (Å²) in [7, 11) is 0. The van der Waals surface area contributed by atoms with Crippen LogP contribution < -0.4 is 11.1 Å². The predicted molar refractivity (Wildman–Crippen MR) is 68.1 cm³/mol. The highest BCUT2D eigenvalue weighted by Gasteiger charge is 2.24. The van der Waals surface area contributed by atoms with Crippen molar-refractivity contribution in [2.24, 2.45) is 11.7 Å². The Bertz CT molecular complexity index is 457. The molecule has 0 saturated heterocycles. The molecule has 5 heteroatoms. The first-order chi connectivity index (χ1) is 9.06. The molecule has 1 aliphatic carbocycles. The van der Waals surface area contributed by atoms with Gasteiger partial charge in [0.15, 0.2) is 11.6 Å². The van der Waals surface area contributed by atoms with E-state index in [1.165, 1.54) is 6.07 Å². The molecular formula is C14H18F2N2O. The first kappa shape index (κ1) is 13.9. The lowest BCUT2D eigenvalue weighted by Crippen LogP contribution is -2.36. The largest absolute Gasteiger partial charge is 0.369 e. The van der Waals surface area contributed by atoms with E-state index in [1.54, 1.807) is 6.07 Å². The van der Waals surface area contributed by atoms with E-state index in [0.29, 0.717) is 12.6 Å². The average molecular weight is 268 g/mol. The van der Waals surface area contributed by atoms with E-state index in [-0.39, 0.29) is 11.8 Å². The normalized spacial score (nSPS) is 23.3. The third-order valence-electron chi connectivity index (χ3n) is 3.71. The van der Waals surface area contributed by atoms with E-state index in [2.05, 4.69) is 5.32 Å². The van der Waals surface area contributed by atoms with Crippen molar-refractivity contribution < 1.29 is 13.6 Å². The summed E-state index contributed by atoms with van der Waals surface area (Å²) in [5.74, 6) is -1.89. The molecule has 2 rings (SSSR count). The van der Waals surface area contributed by atoms with Crippen LogP contribution in [-0.2, 0) is 11.3 Å². The van der Waals surface area contributed by atoms with E-state index < -0.39 is 11.6 Å². The molecule has 0 bridgehead atoms. The molecule has 0 heterocycles. The first-order valence-corrected chi connectivity index (χ1v) is 6.53. The number of carbonyl (C=O) groups is 1. The molecule has 1 aromatic carbocycles. The topological polar surface area (TPSA) is 55.1 Å². The molecule has 3 N–H and O–H groups in total. The zero-order chi connectivity index (χ0) is 13.8. The van der Waals surface area contributed by atoms with Gasteiger partial charge >= 0.3 is 0 Å². The second kappa shape index (κ2) is 6.10. The maximum absolute atomic E-state index is 13.0. The van der Waals surface area contributed by atoms with Gasteiger partial charge in [0.05, 0.1) is 0 Å². The highest BCUT2D eigenvalue weighted by atomic mass is 19.2. The van der Waals surface area contributed by atoms with Gasteiger partial charge in [-0.25, -0.2) is 8.78 Å². The lowest BCUT2D eigenvalue weighted by atomic mass is 9.85. The van der Waals surface area contributed by atoms with Crippen LogP contribution in [0.2, 0.25) is 0 Å². The van der Waals surface area contributed by atoms with Crippen molar-refractivity contribution in [2.75, 3.05) is 0 Å². The number of halogens is 2. The first-order valence-electron chi connectivity index (χ1n) is 6.53. The number of rotatable bonds is 4. The van der Waals surface area contributed by atoms with Crippen LogP contribution in [0.15, 0.2) is 18.2 Å². The number of carbonyl (C=O) groups excluding carboxylic acids is 1. The van der Waals surface area contributed by atoms with Gasteiger partial charge in [0.2, 0.25) is 5.91 Å². The number of hydrogen-bond donors (Lipinski definition) is 2. The molecule has 1 aliphatic rings. The summed E-state index contributed by atoms with van der Waals surface area (Å²) in [6, 6.07) is 4.22. The fraction of sp³-hybridized carbons (Fsp3) is 0.500. The van der Waals surface area contributed by atoms with Crippen LogP contribution in [0.5, 0.6) is 0 Å². The van der Waals surface area contributed by atoms with Crippen LogP contribution in [0.3, 0.4) is 0 Å². The van der Waals surface area contributed by atoms with Crippen LogP contribution >= 0.6 is 0 Å². The van der Waals surface area contributed by atoms with Gasteiger partial charge in [0, 0.05) is 18.5 Å². The number of nitrogens with two attached hydrogens (primary N) is 1. The minimum Gasteiger partial charge on any atom is -0.369 e. The minimum atomic E-state index is -0.828. The number of nitrogens with one attached hydrogen (secondary N) is 1. The number of primary amides is 1. The van der Waals surface area contributed by atoms with Crippen molar-refractivity contribution in [2.45, 2.75) is 38.3 Å². The Labute approximate surface area is 111 Å². The number of amides is 1. The van der Waals surface area contributed by atoms with Gasteiger partial charge in [-0.2, -0.15) is 0 Å². The van der Waals surface area contributed by atoms with Crippen molar-refractivity contribution in [1.82, 2.24) is 5.32 Å². The molecule has 0 unspecified atom stereocenters. The Morgan fingerprint density at radius 3 is 2.47 bits per heavy atom. The molecule has 1 aromatic rings. The summed E-state index contributed by atoms with van der Waals surface area (Å²) in [5, 5.41) is 3.30. The zero-order valence-electron chi connectivity index (χ0n) is 10.7. The molecule has 1 fully saturated rings. The van der Waals surface area contributed by atoms with Gasteiger partial charge in [-0.05, 0) is 43.4 Å². The van der Waals surface area contributed by atoms with Crippen molar-refractivity contribution in [3.05, 3.63) is 35.4 Å². The molecule has 104 valence electrons. The Hall–Kier alpha value is -1.49. The molecule has 0 atom stereocenters. The summed E-state index contributed by atoms with van der Waals surface area (Å²) < 4.78 is 25.8. The monoisotopic (exact) mass is 268 g/mol. The fourth-order valence-electron chi connectivity index (χ4n) is 2.49. The van der Waals surface area contributed by atoms with Gasteiger partial charge in [-0.15, -0.1) is 0 Å². The van der Waals surface area contributed by atoms with Crippen LogP contribution in [0, 0.1) is 17.6 Å². The second-order valence-corrected chi connectivity index (χ2v) is 5.08. The zero-order valence-corrected chi connectivity index (χ0v) is 10.7. The summed E-state index contributed by atoms with van der Waals surface area (Å²) in [6.07, 6.45) is 3.37. The molecular weight excluding hydrogens is 250 g/mol. The summed E-state index contributed by atoms with van der Waals surface area (Å²) in [5.41, 5.74) is 5.99. The molecule has 19 heavy (non-hydrogen) atoms. The van der Waals surface area contributed by atoms with Crippen molar-refractivity contribution in [3.8, 4) is 0 Å². The number of benzene rings is 1. The van der Waals surface area contributed by atoms with Crippen LogP contribution in [0.25, 0.3) is 0 Å². The summed E-state index contributed by atoms with van der Waals surface area (Å²) in [6.45, 7) is 0.503. The Kier molecular flexibility index (Phi) is 4.47. The smallest absolute Gasteiger partial charge is 0.220 e. The van der Waals surface area contributed by atoms with E-state index in [9.17, 15) is 13.6 Å². The van der Waals surface area contributed by atoms with Crippen molar-refractivity contribution in [3.63, 3.8) is 0 Å². The van der Waals surface area contributed by atoms with Crippen molar-refractivity contribution in [1.29, 1.82) is 0 Å². The van der Waals surface area contributed by atoms with Gasteiger partial charge < -0.3 is 11.1 Å². The third-order valence-corrected chi connectivity index (χ3v) is 3.71. The predicted octanol–water partition coefficient (Wildman–Crippen LogP) is 2.10. The standard InChI is InChI=1S/C14H18F2N2O/c15-12-6-1-9(7-13(12)16)8-18-11-4-2-10(3-5-11)14(17)19/h1,6-7,10-11,18H,2-5,8H2,(H2,17,19). The van der Waals surface area contributed by atoms with E-state index >= 15 is 0 Å². The molecule has 0 aliphatic heterocycles. The SMILES string of the molecule is NC(=O)C1CCC(NCc2ccc(F)c(F)c2)CC1. The van der Waals surface area contributed by atoms with Gasteiger partial charge in [0.25, 0.3) is 0 Å². The van der Waals surface area contributed by atoms with E-state index in [0.717, 1.165) is 37.3 Å². The van der Waals surface area contributed by atoms with E-state index in [4.69, 9.17) is 5.73 Å². The summed E-state index contributed by atoms with van der Waals surface area (Å²) in [4.78, 5) is 11.0. The molecule has 1 saturated carbocycles. The molecule has 0 aromatic heterocycles. The maximum Gasteiger partial charge on any atom is 0.220 e. The fourth-order valence-corrected chi connectivity index (χ4v) is 2.49. The number of hydrogen-bond acceptors (Lipinski definition) is 2. The van der Waals surface area contributed by atoms with Gasteiger partial charge in [0.1, 0.15) is 0 Å². The average Bonchev–Trinajstić information content (AvgIpc) is 2.40. The summed E-state index contributed by atoms with van der Waals surface area (Å²) >= 11 is 0. The minimum absolute atomic E-state index is 0.0127. The van der Waals surface area contributed by atoms with Crippen LogP contribution in [-0.4, -0.2) is 11.9 Å². The molecule has 0 radical (unpaired) electrons. The highest BCUT2D eigenvalue weighted by molar-refractivity contribution is 5.76. The Balaban J connectivity index is 1.80. The molecule has 3 nitrogen and oxygen atoms in total. The highest BCUT2D eigenvalue weighted by Crippen LogP contribution is 2.24. The third kappa shape index (κ3) is 3.73. The lowest BCUT2D eigenvalue weighted by Gasteiger charge is -2.27. The Morgan fingerprint density at radius 2 is 1.89 bits per heavy atom. The van der Waals surface area contributed by atoms with Gasteiger partial charge in [-0.3, -0.25) is 4.79 Å². The molecule has 0 spiro atoms. The van der Waals surface area contributed by atoms with E-state index in [1.807, 2.05) is 0 Å². The maximum atomic E-state index is 13.0. The molecule has 1 amide bonds.